The molecule has 1 aliphatic rings. The van der Waals surface area contributed by atoms with Crippen LogP contribution < -0.4 is 15.4 Å². The Labute approximate surface area is 148 Å². The minimum atomic E-state index is 0.106. The molecule has 1 saturated heterocycles. The summed E-state index contributed by atoms with van der Waals surface area (Å²) in [7, 11) is 0. The Bertz CT molecular complexity index is 710. The molecule has 1 aromatic carbocycles. The number of ether oxygens (including phenoxy) is 1. The SMILES string of the molecule is CCOc1ccccc1N1CCN(C(=O)Cc2ccc(N)cn2)CC1. The zero-order valence-corrected chi connectivity index (χ0v) is 14.5. The Balaban J connectivity index is 1.58. The molecule has 2 N–H and O–H groups in total. The summed E-state index contributed by atoms with van der Waals surface area (Å²) in [6.07, 6.45) is 1.90. The first-order chi connectivity index (χ1) is 12.2. The number of amides is 1. The van der Waals surface area contributed by atoms with Crippen molar-refractivity contribution in [1.29, 1.82) is 0 Å². The van der Waals surface area contributed by atoms with E-state index in [1.54, 1.807) is 12.3 Å². The number of nitrogens with two attached hydrogens (primary N) is 1. The summed E-state index contributed by atoms with van der Waals surface area (Å²) in [4.78, 5) is 20.9. The Morgan fingerprint density at radius 2 is 1.92 bits per heavy atom. The summed E-state index contributed by atoms with van der Waals surface area (Å²) >= 11 is 0. The molecular formula is C19H24N4O2. The van der Waals surface area contributed by atoms with Gasteiger partial charge < -0.3 is 20.3 Å². The smallest absolute Gasteiger partial charge is 0.228 e. The van der Waals surface area contributed by atoms with Gasteiger partial charge in [0.1, 0.15) is 5.75 Å². The van der Waals surface area contributed by atoms with Crippen molar-refractivity contribution in [3.8, 4) is 5.75 Å². The third kappa shape index (κ3) is 4.21. The topological polar surface area (TPSA) is 71.7 Å². The normalized spacial score (nSPS) is 14.4. The number of anilines is 2. The molecule has 1 fully saturated rings. The van der Waals surface area contributed by atoms with Crippen molar-refractivity contribution >= 4 is 17.3 Å². The second-order valence-corrected chi connectivity index (χ2v) is 6.03. The number of pyridine rings is 1. The van der Waals surface area contributed by atoms with Crippen LogP contribution in [0.25, 0.3) is 0 Å². The van der Waals surface area contributed by atoms with Crippen molar-refractivity contribution in [3.63, 3.8) is 0 Å². The van der Waals surface area contributed by atoms with Crippen molar-refractivity contribution in [3.05, 3.63) is 48.3 Å². The molecule has 3 rings (SSSR count). The maximum absolute atomic E-state index is 12.5. The second kappa shape index (κ2) is 7.88. The number of piperazine rings is 1. The van der Waals surface area contributed by atoms with Crippen molar-refractivity contribution in [2.75, 3.05) is 43.4 Å². The monoisotopic (exact) mass is 340 g/mol. The Morgan fingerprint density at radius 3 is 2.60 bits per heavy atom. The van der Waals surface area contributed by atoms with Gasteiger partial charge in [0.25, 0.3) is 0 Å². The van der Waals surface area contributed by atoms with Crippen LogP contribution in [0.1, 0.15) is 12.6 Å². The molecule has 2 heterocycles. The largest absolute Gasteiger partial charge is 0.492 e. The molecule has 1 aliphatic heterocycles. The summed E-state index contributed by atoms with van der Waals surface area (Å²) in [6.45, 7) is 5.63. The maximum Gasteiger partial charge on any atom is 0.228 e. The zero-order valence-electron chi connectivity index (χ0n) is 14.5. The molecular weight excluding hydrogens is 316 g/mol. The third-order valence-electron chi connectivity index (χ3n) is 4.32. The lowest BCUT2D eigenvalue weighted by Crippen LogP contribution is -2.49. The fourth-order valence-corrected chi connectivity index (χ4v) is 3.00. The highest BCUT2D eigenvalue weighted by atomic mass is 16.5. The molecule has 0 aliphatic carbocycles. The van der Waals surface area contributed by atoms with E-state index in [-0.39, 0.29) is 5.91 Å². The third-order valence-corrected chi connectivity index (χ3v) is 4.32. The predicted octanol–water partition coefficient (Wildman–Crippen LogP) is 1.95. The minimum absolute atomic E-state index is 0.106. The van der Waals surface area contributed by atoms with Crippen molar-refractivity contribution in [2.45, 2.75) is 13.3 Å². The number of hydrogen-bond acceptors (Lipinski definition) is 5. The summed E-state index contributed by atoms with van der Waals surface area (Å²) in [5.74, 6) is 1.01. The molecule has 0 atom stereocenters. The van der Waals surface area contributed by atoms with E-state index in [0.29, 0.717) is 31.8 Å². The molecule has 1 aromatic heterocycles. The molecule has 0 radical (unpaired) electrons. The fourth-order valence-electron chi connectivity index (χ4n) is 3.00. The van der Waals surface area contributed by atoms with Crippen LogP contribution >= 0.6 is 0 Å². The summed E-state index contributed by atoms with van der Waals surface area (Å²) in [5.41, 5.74) is 8.09. The van der Waals surface area contributed by atoms with Gasteiger partial charge in [-0.2, -0.15) is 0 Å². The van der Waals surface area contributed by atoms with Crippen LogP contribution in [0.2, 0.25) is 0 Å². The minimum Gasteiger partial charge on any atom is -0.492 e. The lowest BCUT2D eigenvalue weighted by atomic mass is 10.2. The van der Waals surface area contributed by atoms with E-state index in [1.807, 2.05) is 36.1 Å². The number of nitrogen functional groups attached to an aromatic ring is 1. The number of aromatic nitrogens is 1. The van der Waals surface area contributed by atoms with Gasteiger partial charge in [-0.05, 0) is 31.2 Å². The first-order valence-corrected chi connectivity index (χ1v) is 8.62. The van der Waals surface area contributed by atoms with Gasteiger partial charge in [0.2, 0.25) is 5.91 Å². The highest BCUT2D eigenvalue weighted by Crippen LogP contribution is 2.28. The average Bonchev–Trinajstić information content (AvgIpc) is 2.64. The molecule has 6 heteroatoms. The van der Waals surface area contributed by atoms with Crippen molar-refractivity contribution in [1.82, 2.24) is 9.88 Å². The Kier molecular flexibility index (Phi) is 5.38. The van der Waals surface area contributed by atoms with Gasteiger partial charge in [-0.3, -0.25) is 9.78 Å². The molecule has 25 heavy (non-hydrogen) atoms. The Hall–Kier alpha value is -2.76. The van der Waals surface area contributed by atoms with E-state index in [9.17, 15) is 4.79 Å². The van der Waals surface area contributed by atoms with Crippen LogP contribution in [0.15, 0.2) is 42.6 Å². The van der Waals surface area contributed by atoms with Crippen LogP contribution in [-0.2, 0) is 11.2 Å². The van der Waals surface area contributed by atoms with Gasteiger partial charge in [-0.25, -0.2) is 0 Å². The second-order valence-electron chi connectivity index (χ2n) is 6.03. The first kappa shape index (κ1) is 17.1. The molecule has 132 valence electrons. The van der Waals surface area contributed by atoms with Gasteiger partial charge in [0.05, 0.1) is 30.6 Å². The van der Waals surface area contributed by atoms with Crippen LogP contribution in [0.4, 0.5) is 11.4 Å². The highest BCUT2D eigenvalue weighted by molar-refractivity contribution is 5.78. The maximum atomic E-state index is 12.5. The molecule has 0 spiro atoms. The number of rotatable bonds is 5. The molecule has 0 bridgehead atoms. The fraction of sp³-hybridized carbons (Fsp3) is 0.368. The number of benzene rings is 1. The number of hydrogen-bond donors (Lipinski definition) is 1. The van der Waals surface area contributed by atoms with Crippen LogP contribution in [-0.4, -0.2) is 48.6 Å². The quantitative estimate of drug-likeness (QED) is 0.901. The predicted molar refractivity (Wildman–Crippen MR) is 98.8 cm³/mol. The van der Waals surface area contributed by atoms with E-state index in [1.165, 1.54) is 0 Å². The van der Waals surface area contributed by atoms with E-state index in [2.05, 4.69) is 16.0 Å². The van der Waals surface area contributed by atoms with E-state index >= 15 is 0 Å². The summed E-state index contributed by atoms with van der Waals surface area (Å²) in [6, 6.07) is 11.6. The number of carbonyl (C=O) groups excluding carboxylic acids is 1. The van der Waals surface area contributed by atoms with Crippen molar-refractivity contribution in [2.24, 2.45) is 0 Å². The number of nitrogens with zero attached hydrogens (tertiary/aromatic N) is 3. The van der Waals surface area contributed by atoms with Gasteiger partial charge in [0, 0.05) is 31.9 Å². The van der Waals surface area contributed by atoms with Gasteiger partial charge >= 0.3 is 0 Å². The van der Waals surface area contributed by atoms with Crippen LogP contribution in [0.5, 0.6) is 5.75 Å². The van der Waals surface area contributed by atoms with Crippen LogP contribution in [0, 0.1) is 0 Å². The summed E-state index contributed by atoms with van der Waals surface area (Å²) in [5, 5.41) is 0. The summed E-state index contributed by atoms with van der Waals surface area (Å²) < 4.78 is 5.71. The number of carbonyl (C=O) groups is 1. The van der Waals surface area contributed by atoms with Crippen LogP contribution in [0.3, 0.4) is 0 Å². The van der Waals surface area contributed by atoms with Crippen molar-refractivity contribution < 1.29 is 9.53 Å². The molecule has 2 aromatic rings. The molecule has 0 saturated carbocycles. The average molecular weight is 340 g/mol. The van der Waals surface area contributed by atoms with E-state index in [4.69, 9.17) is 10.5 Å². The standard InChI is InChI=1S/C19H24N4O2/c1-2-25-18-6-4-3-5-17(18)22-9-11-23(12-10-22)19(24)13-16-8-7-15(20)14-21-16/h3-8,14H,2,9-13,20H2,1H3. The van der Waals surface area contributed by atoms with E-state index in [0.717, 1.165) is 30.2 Å². The van der Waals surface area contributed by atoms with Gasteiger partial charge in [-0.1, -0.05) is 12.1 Å². The van der Waals surface area contributed by atoms with Gasteiger partial charge in [-0.15, -0.1) is 0 Å². The van der Waals surface area contributed by atoms with E-state index < -0.39 is 0 Å². The number of para-hydroxylation sites is 2. The molecule has 6 nitrogen and oxygen atoms in total. The zero-order chi connectivity index (χ0) is 17.6. The highest BCUT2D eigenvalue weighted by Gasteiger charge is 2.23. The Morgan fingerprint density at radius 1 is 1.16 bits per heavy atom. The van der Waals surface area contributed by atoms with Gasteiger partial charge in [0.15, 0.2) is 0 Å². The first-order valence-electron chi connectivity index (χ1n) is 8.62. The molecule has 1 amide bonds. The lowest BCUT2D eigenvalue weighted by molar-refractivity contribution is -0.130. The molecule has 0 unspecified atom stereocenters. The lowest BCUT2D eigenvalue weighted by Gasteiger charge is -2.36.